The first kappa shape index (κ1) is 21.9. The van der Waals surface area contributed by atoms with Crippen LogP contribution in [0.2, 0.25) is 0 Å². The van der Waals surface area contributed by atoms with Gasteiger partial charge in [0.1, 0.15) is 5.75 Å². The molecule has 166 valence electrons. The highest BCUT2D eigenvalue weighted by Crippen LogP contribution is 2.20. The molecule has 1 amide bonds. The van der Waals surface area contributed by atoms with Crippen molar-refractivity contribution >= 4 is 17.3 Å². The second-order valence-electron chi connectivity index (χ2n) is 8.42. The van der Waals surface area contributed by atoms with E-state index in [-0.39, 0.29) is 5.91 Å². The number of nitrogens with one attached hydrogen (secondary N) is 1. The molecule has 5 nitrogen and oxygen atoms in total. The highest BCUT2D eigenvalue weighted by atomic mass is 16.5. The highest BCUT2D eigenvalue weighted by molar-refractivity contribution is 5.94. The Kier molecular flexibility index (Phi) is 7.07. The van der Waals surface area contributed by atoms with Crippen LogP contribution in [0.5, 0.6) is 5.75 Å². The van der Waals surface area contributed by atoms with Gasteiger partial charge < -0.3 is 19.4 Å². The number of benzene rings is 3. The molecule has 0 aliphatic carbocycles. The number of rotatable bonds is 7. The largest absolute Gasteiger partial charge is 0.497 e. The number of ether oxygens (including phenoxy) is 1. The summed E-state index contributed by atoms with van der Waals surface area (Å²) in [7, 11) is 1.69. The minimum absolute atomic E-state index is 0.173. The molecule has 1 fully saturated rings. The predicted octanol–water partition coefficient (Wildman–Crippen LogP) is 2.94. The van der Waals surface area contributed by atoms with Crippen LogP contribution in [0.3, 0.4) is 0 Å². The maximum atomic E-state index is 13.4. The third-order valence-electron chi connectivity index (χ3n) is 6.11. The van der Waals surface area contributed by atoms with Crippen LogP contribution >= 0.6 is 0 Å². The van der Waals surface area contributed by atoms with Crippen LogP contribution in [0.25, 0.3) is 0 Å². The zero-order chi connectivity index (χ0) is 22.3. The molecule has 1 N–H and O–H groups in total. The summed E-state index contributed by atoms with van der Waals surface area (Å²) in [5, 5.41) is 0. The van der Waals surface area contributed by atoms with Gasteiger partial charge in [-0.25, -0.2) is 0 Å². The maximum absolute atomic E-state index is 13.4. The van der Waals surface area contributed by atoms with Crippen LogP contribution in [0.15, 0.2) is 78.9 Å². The Morgan fingerprint density at radius 3 is 2.34 bits per heavy atom. The lowest BCUT2D eigenvalue weighted by Gasteiger charge is -2.34. The van der Waals surface area contributed by atoms with Crippen LogP contribution in [0.1, 0.15) is 11.1 Å². The van der Waals surface area contributed by atoms with Gasteiger partial charge in [-0.1, -0.05) is 42.5 Å². The van der Waals surface area contributed by atoms with Crippen molar-refractivity contribution in [1.29, 1.82) is 0 Å². The Labute approximate surface area is 190 Å². The van der Waals surface area contributed by atoms with Gasteiger partial charge in [-0.05, 0) is 54.4 Å². The number of carbonyl (C=O) groups excluding carboxylic acids is 1. The fourth-order valence-electron chi connectivity index (χ4n) is 4.25. The number of piperazine rings is 1. The zero-order valence-corrected chi connectivity index (χ0v) is 19.0. The Morgan fingerprint density at radius 2 is 1.69 bits per heavy atom. The van der Waals surface area contributed by atoms with E-state index in [1.807, 2.05) is 47.4 Å². The number of nitrogens with zero attached hydrogens (tertiary/aromatic N) is 2. The smallest absolute Gasteiger partial charge is 0.282 e. The summed E-state index contributed by atoms with van der Waals surface area (Å²) in [6.45, 7) is 6.95. The molecule has 32 heavy (non-hydrogen) atoms. The summed E-state index contributed by atoms with van der Waals surface area (Å²) < 4.78 is 5.26. The van der Waals surface area contributed by atoms with Crippen molar-refractivity contribution in [3.8, 4) is 5.75 Å². The minimum atomic E-state index is 0.173. The van der Waals surface area contributed by atoms with Crippen molar-refractivity contribution in [3.05, 3.63) is 90.0 Å². The van der Waals surface area contributed by atoms with E-state index in [9.17, 15) is 4.79 Å². The molecular weight excluding hydrogens is 398 g/mol. The number of hydrogen-bond acceptors (Lipinski definition) is 3. The van der Waals surface area contributed by atoms with E-state index in [4.69, 9.17) is 4.74 Å². The Balaban J connectivity index is 1.40. The molecule has 0 spiro atoms. The molecule has 0 aromatic heterocycles. The average Bonchev–Trinajstić information content (AvgIpc) is 2.84. The third-order valence-corrected chi connectivity index (χ3v) is 6.11. The SMILES string of the molecule is COc1ccc(N2CC[NH+](CC(=O)N(Cc3ccccc3)c3cccc(C)c3)CC2)cc1. The van der Waals surface area contributed by atoms with Gasteiger partial charge in [0.2, 0.25) is 0 Å². The number of carbonyl (C=O) groups is 1. The quantitative estimate of drug-likeness (QED) is 0.626. The second kappa shape index (κ2) is 10.3. The molecule has 0 bridgehead atoms. The number of methoxy groups -OCH3 is 1. The molecule has 3 aromatic carbocycles. The molecule has 0 unspecified atom stereocenters. The van der Waals surface area contributed by atoms with Gasteiger partial charge in [0.25, 0.3) is 5.91 Å². The van der Waals surface area contributed by atoms with Crippen molar-refractivity contribution in [3.63, 3.8) is 0 Å². The first-order chi connectivity index (χ1) is 15.6. The van der Waals surface area contributed by atoms with E-state index in [0.717, 1.165) is 48.7 Å². The first-order valence-corrected chi connectivity index (χ1v) is 11.3. The Morgan fingerprint density at radius 1 is 0.969 bits per heavy atom. The Hall–Kier alpha value is -3.31. The van der Waals surface area contributed by atoms with Crippen molar-refractivity contribution in [2.75, 3.05) is 49.6 Å². The number of quaternary nitrogens is 1. The molecular formula is C27H32N3O2+. The molecule has 3 aromatic rings. The van der Waals surface area contributed by atoms with Gasteiger partial charge in [0.15, 0.2) is 6.54 Å². The monoisotopic (exact) mass is 430 g/mol. The van der Waals surface area contributed by atoms with Crippen LogP contribution in [0, 0.1) is 6.92 Å². The summed E-state index contributed by atoms with van der Waals surface area (Å²) >= 11 is 0. The summed E-state index contributed by atoms with van der Waals surface area (Å²) in [5.41, 5.74) is 4.48. The van der Waals surface area contributed by atoms with E-state index in [1.165, 1.54) is 10.6 Å². The lowest BCUT2D eigenvalue weighted by molar-refractivity contribution is -0.892. The van der Waals surface area contributed by atoms with Gasteiger partial charge in [0, 0.05) is 11.4 Å². The van der Waals surface area contributed by atoms with Crippen LogP contribution in [-0.4, -0.2) is 45.7 Å². The van der Waals surface area contributed by atoms with E-state index in [0.29, 0.717) is 13.1 Å². The number of aryl methyl sites for hydroxylation is 1. The molecule has 1 aliphatic heterocycles. The van der Waals surface area contributed by atoms with Gasteiger partial charge in [0.05, 0.1) is 39.8 Å². The first-order valence-electron chi connectivity index (χ1n) is 11.3. The number of hydrogen-bond donors (Lipinski definition) is 1. The van der Waals surface area contributed by atoms with E-state index >= 15 is 0 Å². The molecule has 4 rings (SSSR count). The fourth-order valence-corrected chi connectivity index (χ4v) is 4.25. The third kappa shape index (κ3) is 5.48. The van der Waals surface area contributed by atoms with Gasteiger partial charge in [-0.3, -0.25) is 4.79 Å². The summed E-state index contributed by atoms with van der Waals surface area (Å²) in [6.07, 6.45) is 0. The minimum Gasteiger partial charge on any atom is -0.497 e. The molecule has 0 radical (unpaired) electrons. The maximum Gasteiger partial charge on any atom is 0.282 e. The number of amides is 1. The Bertz CT molecular complexity index is 1010. The van der Waals surface area contributed by atoms with Crippen molar-refractivity contribution in [1.82, 2.24) is 0 Å². The second-order valence-corrected chi connectivity index (χ2v) is 8.42. The molecule has 0 atom stereocenters. The standard InChI is InChI=1S/C27H31N3O2/c1-22-7-6-10-25(19-22)30(20-23-8-4-3-5-9-23)27(31)21-28-15-17-29(18-16-28)24-11-13-26(32-2)14-12-24/h3-14,19H,15-18,20-21H2,1-2H3/p+1. The predicted molar refractivity (Wildman–Crippen MR) is 130 cm³/mol. The lowest BCUT2D eigenvalue weighted by Crippen LogP contribution is -3.16. The summed E-state index contributed by atoms with van der Waals surface area (Å²) in [4.78, 5) is 19.1. The zero-order valence-electron chi connectivity index (χ0n) is 19.0. The van der Waals surface area contributed by atoms with Crippen molar-refractivity contribution < 1.29 is 14.4 Å². The number of anilines is 2. The van der Waals surface area contributed by atoms with Crippen LogP contribution in [-0.2, 0) is 11.3 Å². The van der Waals surface area contributed by atoms with Crippen LogP contribution in [0.4, 0.5) is 11.4 Å². The normalized spacial score (nSPS) is 14.2. The summed E-state index contributed by atoms with van der Waals surface area (Å²) in [6, 6.07) is 26.7. The fraction of sp³-hybridized carbons (Fsp3) is 0.296. The highest BCUT2D eigenvalue weighted by Gasteiger charge is 2.26. The molecule has 1 aliphatic rings. The molecule has 0 saturated carbocycles. The average molecular weight is 431 g/mol. The van der Waals surface area contributed by atoms with Gasteiger partial charge in [-0.15, -0.1) is 0 Å². The van der Waals surface area contributed by atoms with Crippen molar-refractivity contribution in [2.24, 2.45) is 0 Å². The lowest BCUT2D eigenvalue weighted by atomic mass is 10.1. The van der Waals surface area contributed by atoms with Crippen molar-refractivity contribution in [2.45, 2.75) is 13.5 Å². The molecule has 1 heterocycles. The van der Waals surface area contributed by atoms with Gasteiger partial charge >= 0.3 is 0 Å². The molecule has 5 heteroatoms. The van der Waals surface area contributed by atoms with E-state index < -0.39 is 0 Å². The molecule has 1 saturated heterocycles. The van der Waals surface area contributed by atoms with Gasteiger partial charge in [-0.2, -0.15) is 0 Å². The summed E-state index contributed by atoms with van der Waals surface area (Å²) in [5.74, 6) is 1.05. The van der Waals surface area contributed by atoms with Crippen LogP contribution < -0.4 is 19.4 Å². The topological polar surface area (TPSA) is 37.2 Å². The van der Waals surface area contributed by atoms with E-state index in [2.05, 4.69) is 48.2 Å². The van der Waals surface area contributed by atoms with E-state index in [1.54, 1.807) is 7.11 Å².